The second-order valence-electron chi connectivity index (χ2n) is 4.52. The van der Waals surface area contributed by atoms with Crippen LogP contribution in [0.3, 0.4) is 0 Å². The maximum Gasteiger partial charge on any atom is 0.264 e. The van der Waals surface area contributed by atoms with Gasteiger partial charge in [0.05, 0.1) is 16.4 Å². The van der Waals surface area contributed by atoms with Crippen LogP contribution < -0.4 is 11.1 Å². The highest BCUT2D eigenvalue weighted by Gasteiger charge is 2.20. The molecule has 3 aromatic rings. The lowest BCUT2D eigenvalue weighted by atomic mass is 10.2. The van der Waals surface area contributed by atoms with Crippen LogP contribution in [-0.2, 0) is 0 Å². The number of nitrogens with one attached hydrogen (secondary N) is 1. The molecule has 0 aromatic carbocycles. The van der Waals surface area contributed by atoms with Gasteiger partial charge in [0.25, 0.3) is 5.91 Å². The molecule has 21 heavy (non-hydrogen) atoms. The van der Waals surface area contributed by atoms with Gasteiger partial charge in [-0.3, -0.25) is 9.78 Å². The van der Waals surface area contributed by atoms with E-state index in [0.717, 1.165) is 21.5 Å². The molecular formula is C14H14N4OS2. The molecule has 5 nitrogen and oxygen atoms in total. The number of nitrogen functional groups attached to an aromatic ring is 1. The summed E-state index contributed by atoms with van der Waals surface area (Å²) >= 11 is 2.90. The van der Waals surface area contributed by atoms with Crippen molar-refractivity contribution in [1.29, 1.82) is 0 Å². The Balaban J connectivity index is 1.88. The van der Waals surface area contributed by atoms with Crippen molar-refractivity contribution in [1.82, 2.24) is 15.3 Å². The number of thiazole rings is 1. The van der Waals surface area contributed by atoms with Crippen LogP contribution in [0, 0.1) is 0 Å². The van der Waals surface area contributed by atoms with Crippen LogP contribution in [0.25, 0.3) is 10.1 Å². The van der Waals surface area contributed by atoms with Crippen molar-refractivity contribution < 1.29 is 4.79 Å². The van der Waals surface area contributed by atoms with Gasteiger partial charge in [0, 0.05) is 29.4 Å². The average molecular weight is 318 g/mol. The van der Waals surface area contributed by atoms with Gasteiger partial charge >= 0.3 is 0 Å². The number of pyridine rings is 1. The van der Waals surface area contributed by atoms with E-state index in [0.29, 0.717) is 10.6 Å². The Morgan fingerprint density at radius 2 is 2.33 bits per heavy atom. The Morgan fingerprint density at radius 3 is 3.00 bits per heavy atom. The molecule has 1 unspecified atom stereocenters. The van der Waals surface area contributed by atoms with E-state index in [9.17, 15) is 4.79 Å². The molecule has 0 bridgehead atoms. The molecule has 1 atom stereocenters. The number of carbonyl (C=O) groups is 1. The van der Waals surface area contributed by atoms with Crippen molar-refractivity contribution in [2.75, 3.05) is 5.73 Å². The lowest BCUT2D eigenvalue weighted by Crippen LogP contribution is -2.27. The van der Waals surface area contributed by atoms with Gasteiger partial charge in [-0.2, -0.15) is 0 Å². The predicted molar refractivity (Wildman–Crippen MR) is 86.6 cm³/mol. The number of fused-ring (bicyclic) bond motifs is 1. The fourth-order valence-electron chi connectivity index (χ4n) is 2.11. The van der Waals surface area contributed by atoms with Gasteiger partial charge in [-0.25, -0.2) is 4.98 Å². The molecule has 0 spiro atoms. The van der Waals surface area contributed by atoms with E-state index in [-0.39, 0.29) is 11.9 Å². The van der Waals surface area contributed by atoms with Crippen molar-refractivity contribution in [3.05, 3.63) is 39.9 Å². The number of nitrogens with two attached hydrogens (primary N) is 1. The quantitative estimate of drug-likeness (QED) is 0.774. The summed E-state index contributed by atoms with van der Waals surface area (Å²) in [6.07, 6.45) is 5.93. The number of nitrogens with zero attached hydrogens (tertiary/aromatic N) is 2. The molecule has 108 valence electrons. The molecule has 3 aromatic heterocycles. The van der Waals surface area contributed by atoms with E-state index in [4.69, 9.17) is 5.73 Å². The minimum atomic E-state index is -0.157. The Morgan fingerprint density at radius 1 is 1.48 bits per heavy atom. The van der Waals surface area contributed by atoms with E-state index in [1.807, 2.05) is 18.4 Å². The summed E-state index contributed by atoms with van der Waals surface area (Å²) in [5.74, 6) is -0.157. The minimum absolute atomic E-state index is 0.0831. The van der Waals surface area contributed by atoms with Crippen LogP contribution >= 0.6 is 22.7 Å². The molecule has 1 amide bonds. The Bertz CT molecular complexity index is 766. The van der Waals surface area contributed by atoms with Gasteiger partial charge in [-0.1, -0.05) is 6.92 Å². The predicted octanol–water partition coefficient (Wildman–Crippen LogP) is 3.22. The second kappa shape index (κ2) is 5.79. The SMILES string of the molecule is CCC(NC(=O)c1sc2cnccc2c1N)c1nccs1. The third-order valence-corrected chi connectivity index (χ3v) is 5.24. The first kappa shape index (κ1) is 14.0. The molecule has 3 rings (SSSR count). The fraction of sp³-hybridized carbons (Fsp3) is 0.214. The molecule has 0 aliphatic rings. The van der Waals surface area contributed by atoms with E-state index >= 15 is 0 Å². The van der Waals surface area contributed by atoms with Crippen molar-refractivity contribution in [3.63, 3.8) is 0 Å². The molecular weight excluding hydrogens is 304 g/mol. The highest BCUT2D eigenvalue weighted by molar-refractivity contribution is 7.21. The third kappa shape index (κ3) is 2.62. The molecule has 7 heteroatoms. The van der Waals surface area contributed by atoms with Gasteiger partial charge in [0.15, 0.2) is 0 Å². The summed E-state index contributed by atoms with van der Waals surface area (Å²) in [6.45, 7) is 2.02. The summed E-state index contributed by atoms with van der Waals surface area (Å²) in [5, 5.41) is 6.70. The van der Waals surface area contributed by atoms with Gasteiger partial charge in [-0.05, 0) is 12.5 Å². The number of hydrogen-bond acceptors (Lipinski definition) is 6. The van der Waals surface area contributed by atoms with Gasteiger partial charge in [0.2, 0.25) is 0 Å². The molecule has 0 saturated heterocycles. The van der Waals surface area contributed by atoms with E-state index in [2.05, 4.69) is 15.3 Å². The number of anilines is 1. The first-order chi connectivity index (χ1) is 10.2. The lowest BCUT2D eigenvalue weighted by molar-refractivity contribution is 0.0940. The normalized spacial score (nSPS) is 12.4. The molecule has 0 aliphatic heterocycles. The summed E-state index contributed by atoms with van der Waals surface area (Å²) < 4.78 is 0.919. The zero-order valence-corrected chi connectivity index (χ0v) is 13.0. The fourth-order valence-corrected chi connectivity index (χ4v) is 3.87. The molecule has 0 saturated carbocycles. The van der Waals surface area contributed by atoms with Crippen LogP contribution in [0.15, 0.2) is 30.0 Å². The highest BCUT2D eigenvalue weighted by atomic mass is 32.1. The summed E-state index contributed by atoms with van der Waals surface area (Å²) in [4.78, 5) is 21.3. The van der Waals surface area contributed by atoms with Crippen molar-refractivity contribution in [2.24, 2.45) is 0 Å². The number of hydrogen-bond donors (Lipinski definition) is 2. The van der Waals surface area contributed by atoms with Crippen LogP contribution in [0.4, 0.5) is 5.69 Å². The van der Waals surface area contributed by atoms with Crippen molar-refractivity contribution >= 4 is 44.4 Å². The highest BCUT2D eigenvalue weighted by Crippen LogP contribution is 2.33. The maximum absolute atomic E-state index is 12.5. The summed E-state index contributed by atoms with van der Waals surface area (Å²) in [6, 6.07) is 1.75. The topological polar surface area (TPSA) is 80.9 Å². The lowest BCUT2D eigenvalue weighted by Gasteiger charge is -2.13. The Hall–Kier alpha value is -1.99. The van der Waals surface area contributed by atoms with Crippen LogP contribution in [0.1, 0.15) is 34.1 Å². The zero-order chi connectivity index (χ0) is 14.8. The zero-order valence-electron chi connectivity index (χ0n) is 11.4. The Labute approximate surface area is 129 Å². The molecule has 0 fully saturated rings. The molecule has 3 heterocycles. The first-order valence-electron chi connectivity index (χ1n) is 6.53. The van der Waals surface area contributed by atoms with Crippen LogP contribution in [0.5, 0.6) is 0 Å². The number of rotatable bonds is 4. The maximum atomic E-state index is 12.5. The average Bonchev–Trinajstić information content (AvgIpc) is 3.13. The standard InChI is InChI=1S/C14H14N4OS2/c1-2-9(14-17-5-6-20-14)18-13(19)12-11(15)8-3-4-16-7-10(8)21-12/h3-7,9H,2,15H2,1H3,(H,18,19). The summed E-state index contributed by atoms with van der Waals surface area (Å²) in [5.41, 5.74) is 6.60. The van der Waals surface area contributed by atoms with E-state index < -0.39 is 0 Å². The first-order valence-corrected chi connectivity index (χ1v) is 8.22. The minimum Gasteiger partial charge on any atom is -0.397 e. The van der Waals surface area contributed by atoms with E-state index in [1.165, 1.54) is 22.7 Å². The van der Waals surface area contributed by atoms with Gasteiger partial charge < -0.3 is 11.1 Å². The Kier molecular flexibility index (Phi) is 3.85. The number of carbonyl (C=O) groups excluding carboxylic acids is 1. The number of aromatic nitrogens is 2. The van der Waals surface area contributed by atoms with Gasteiger partial charge in [-0.15, -0.1) is 22.7 Å². The van der Waals surface area contributed by atoms with Crippen molar-refractivity contribution in [3.8, 4) is 0 Å². The largest absolute Gasteiger partial charge is 0.397 e. The van der Waals surface area contributed by atoms with Crippen molar-refractivity contribution in [2.45, 2.75) is 19.4 Å². The van der Waals surface area contributed by atoms with Crippen LogP contribution in [-0.4, -0.2) is 15.9 Å². The third-order valence-electron chi connectivity index (χ3n) is 3.20. The van der Waals surface area contributed by atoms with Gasteiger partial charge in [0.1, 0.15) is 9.88 Å². The van der Waals surface area contributed by atoms with E-state index in [1.54, 1.807) is 18.6 Å². The second-order valence-corrected chi connectivity index (χ2v) is 6.50. The monoisotopic (exact) mass is 318 g/mol. The number of amides is 1. The summed E-state index contributed by atoms with van der Waals surface area (Å²) in [7, 11) is 0. The molecule has 0 radical (unpaired) electrons. The molecule has 0 aliphatic carbocycles. The van der Waals surface area contributed by atoms with Crippen LogP contribution in [0.2, 0.25) is 0 Å². The smallest absolute Gasteiger partial charge is 0.264 e. The molecule has 3 N–H and O–H groups in total. The number of thiophene rings is 1.